The van der Waals surface area contributed by atoms with Crippen molar-refractivity contribution >= 4 is 24.0 Å². The van der Waals surface area contributed by atoms with E-state index in [4.69, 9.17) is 0 Å². The first-order valence-electron chi connectivity index (χ1n) is 8.19. The van der Waals surface area contributed by atoms with Crippen LogP contribution in [-0.4, -0.2) is 34.0 Å². The molecule has 2 N–H and O–H groups in total. The van der Waals surface area contributed by atoms with Crippen molar-refractivity contribution in [3.8, 4) is 5.69 Å². The first-order chi connectivity index (χ1) is 11.2. The van der Waals surface area contributed by atoms with Crippen LogP contribution in [0.25, 0.3) is 5.69 Å². The highest BCUT2D eigenvalue weighted by molar-refractivity contribution is 5.90. The number of nitrogens with zero attached hydrogens (tertiary/aromatic N) is 3. The van der Waals surface area contributed by atoms with Gasteiger partial charge < -0.3 is 10.6 Å². The van der Waals surface area contributed by atoms with Crippen molar-refractivity contribution in [2.45, 2.75) is 26.2 Å². The summed E-state index contributed by atoms with van der Waals surface area (Å²) in [5, 5.41) is 14.5. The summed E-state index contributed by atoms with van der Waals surface area (Å²) in [6.45, 7) is 4.32. The molecular weight excluding hydrogens is 326 g/mol. The maximum atomic E-state index is 12.2. The summed E-state index contributed by atoms with van der Waals surface area (Å²) in [6.07, 6.45) is 6.18. The molecule has 7 heteroatoms. The lowest BCUT2D eigenvalue weighted by Crippen LogP contribution is -2.32. The van der Waals surface area contributed by atoms with Crippen LogP contribution in [0.3, 0.4) is 0 Å². The van der Waals surface area contributed by atoms with Gasteiger partial charge in [0.25, 0.3) is 0 Å². The highest BCUT2D eigenvalue weighted by Crippen LogP contribution is 2.24. The van der Waals surface area contributed by atoms with Crippen molar-refractivity contribution < 1.29 is 4.79 Å². The van der Waals surface area contributed by atoms with Gasteiger partial charge in [-0.2, -0.15) is 15.0 Å². The van der Waals surface area contributed by atoms with E-state index < -0.39 is 0 Å². The van der Waals surface area contributed by atoms with Crippen LogP contribution < -0.4 is 10.6 Å². The molecule has 1 saturated heterocycles. The minimum absolute atomic E-state index is 0. The first-order valence-corrected chi connectivity index (χ1v) is 8.19. The summed E-state index contributed by atoms with van der Waals surface area (Å²) in [5.41, 5.74) is 1.68. The van der Waals surface area contributed by atoms with E-state index in [-0.39, 0.29) is 18.3 Å². The Kier molecular flexibility index (Phi) is 6.75. The van der Waals surface area contributed by atoms with E-state index in [2.05, 4.69) is 27.8 Å². The molecule has 2 aromatic rings. The second-order valence-corrected chi connectivity index (χ2v) is 6.18. The summed E-state index contributed by atoms with van der Waals surface area (Å²) in [4.78, 5) is 13.8. The molecular formula is C17H24ClN5O. The van der Waals surface area contributed by atoms with E-state index in [1.807, 2.05) is 24.3 Å². The Bertz CT molecular complexity index is 623. The van der Waals surface area contributed by atoms with Crippen molar-refractivity contribution in [2.24, 2.45) is 11.8 Å². The van der Waals surface area contributed by atoms with Crippen LogP contribution in [0.1, 0.15) is 26.2 Å². The van der Waals surface area contributed by atoms with Crippen LogP contribution in [0.5, 0.6) is 0 Å². The zero-order chi connectivity index (χ0) is 16.1. The van der Waals surface area contributed by atoms with Crippen LogP contribution in [0.15, 0.2) is 36.7 Å². The molecule has 1 aromatic carbocycles. The fraction of sp³-hybridized carbons (Fsp3) is 0.471. The Morgan fingerprint density at radius 1 is 1.25 bits per heavy atom. The van der Waals surface area contributed by atoms with Gasteiger partial charge in [0.15, 0.2) is 0 Å². The van der Waals surface area contributed by atoms with E-state index >= 15 is 0 Å². The van der Waals surface area contributed by atoms with E-state index in [9.17, 15) is 4.79 Å². The van der Waals surface area contributed by atoms with Crippen LogP contribution >= 0.6 is 12.4 Å². The van der Waals surface area contributed by atoms with E-state index in [1.54, 1.807) is 17.2 Å². The molecule has 24 heavy (non-hydrogen) atoms. The second kappa shape index (κ2) is 8.80. The maximum absolute atomic E-state index is 12.2. The number of hydrogen-bond donors (Lipinski definition) is 2. The van der Waals surface area contributed by atoms with E-state index in [0.717, 1.165) is 24.5 Å². The van der Waals surface area contributed by atoms with Crippen LogP contribution in [-0.2, 0) is 4.79 Å². The Morgan fingerprint density at radius 3 is 2.50 bits per heavy atom. The Labute approximate surface area is 148 Å². The molecule has 2 heterocycles. The molecule has 3 rings (SSSR count). The Morgan fingerprint density at radius 2 is 1.88 bits per heavy atom. The fourth-order valence-electron chi connectivity index (χ4n) is 3.11. The number of halogens is 1. The lowest BCUT2D eigenvalue weighted by Gasteiger charge is -2.27. The summed E-state index contributed by atoms with van der Waals surface area (Å²) in [5.74, 6) is 1.15. The van der Waals surface area contributed by atoms with Gasteiger partial charge in [0.05, 0.1) is 18.1 Å². The standard InChI is InChI=1S/C17H23N5O.ClH/c1-13(14-6-8-18-9-7-14)12-17(23)21-15-2-4-16(5-3-15)22-19-10-11-20-22;/h2-5,10-11,13-14,18H,6-9,12H2,1H3,(H,21,23);1H. The second-order valence-electron chi connectivity index (χ2n) is 6.18. The Balaban J connectivity index is 0.00000208. The summed E-state index contributed by atoms with van der Waals surface area (Å²) < 4.78 is 0. The minimum atomic E-state index is 0. The van der Waals surface area contributed by atoms with Gasteiger partial charge in [-0.3, -0.25) is 4.79 Å². The average molecular weight is 350 g/mol. The molecule has 1 atom stereocenters. The molecule has 1 aliphatic rings. The van der Waals surface area contributed by atoms with Crippen LogP contribution in [0.2, 0.25) is 0 Å². The zero-order valence-corrected chi connectivity index (χ0v) is 14.6. The van der Waals surface area contributed by atoms with Gasteiger partial charge in [0.2, 0.25) is 5.91 Å². The number of hydrogen-bond acceptors (Lipinski definition) is 4. The van der Waals surface area contributed by atoms with Crippen molar-refractivity contribution in [2.75, 3.05) is 18.4 Å². The van der Waals surface area contributed by atoms with Crippen molar-refractivity contribution in [1.82, 2.24) is 20.3 Å². The molecule has 1 fully saturated rings. The smallest absolute Gasteiger partial charge is 0.224 e. The third-order valence-corrected chi connectivity index (χ3v) is 4.50. The van der Waals surface area contributed by atoms with Crippen molar-refractivity contribution in [3.05, 3.63) is 36.7 Å². The van der Waals surface area contributed by atoms with Crippen molar-refractivity contribution in [1.29, 1.82) is 0 Å². The molecule has 1 aliphatic heterocycles. The van der Waals surface area contributed by atoms with Crippen molar-refractivity contribution in [3.63, 3.8) is 0 Å². The molecule has 0 saturated carbocycles. The SMILES string of the molecule is CC(CC(=O)Nc1ccc(-n2nccn2)cc1)C1CCNCC1.Cl. The maximum Gasteiger partial charge on any atom is 0.224 e. The number of nitrogens with one attached hydrogen (secondary N) is 2. The number of amides is 1. The number of anilines is 1. The molecule has 0 radical (unpaired) electrons. The Hall–Kier alpha value is -1.92. The quantitative estimate of drug-likeness (QED) is 0.870. The average Bonchev–Trinajstić information content (AvgIpc) is 3.11. The first kappa shape index (κ1) is 18.4. The third kappa shape index (κ3) is 4.79. The molecule has 0 spiro atoms. The summed E-state index contributed by atoms with van der Waals surface area (Å²) >= 11 is 0. The molecule has 130 valence electrons. The van der Waals surface area contributed by atoms with Gasteiger partial charge in [-0.25, -0.2) is 0 Å². The number of rotatable bonds is 5. The summed E-state index contributed by atoms with van der Waals surface area (Å²) in [7, 11) is 0. The highest BCUT2D eigenvalue weighted by atomic mass is 35.5. The van der Waals surface area contributed by atoms with Crippen LogP contribution in [0.4, 0.5) is 5.69 Å². The predicted octanol–water partition coefficient (Wildman–Crippen LogP) is 2.65. The molecule has 1 aromatic heterocycles. The number of piperidine rings is 1. The van der Waals surface area contributed by atoms with Gasteiger partial charge in [-0.15, -0.1) is 12.4 Å². The largest absolute Gasteiger partial charge is 0.326 e. The minimum Gasteiger partial charge on any atom is -0.326 e. The van der Waals surface area contributed by atoms with Gasteiger partial charge in [0, 0.05) is 12.1 Å². The molecule has 1 amide bonds. The van der Waals surface area contributed by atoms with Gasteiger partial charge in [-0.05, 0) is 62.0 Å². The third-order valence-electron chi connectivity index (χ3n) is 4.50. The normalized spacial score (nSPS) is 16.2. The zero-order valence-electron chi connectivity index (χ0n) is 13.8. The number of aromatic nitrogens is 3. The predicted molar refractivity (Wildman–Crippen MR) is 96.6 cm³/mol. The highest BCUT2D eigenvalue weighted by Gasteiger charge is 2.21. The monoisotopic (exact) mass is 349 g/mol. The number of carbonyl (C=O) groups is 1. The molecule has 0 bridgehead atoms. The van der Waals surface area contributed by atoms with Gasteiger partial charge >= 0.3 is 0 Å². The number of benzene rings is 1. The molecule has 1 unspecified atom stereocenters. The summed E-state index contributed by atoms with van der Waals surface area (Å²) in [6, 6.07) is 7.55. The molecule has 0 aliphatic carbocycles. The topological polar surface area (TPSA) is 71.8 Å². The van der Waals surface area contributed by atoms with E-state index in [1.165, 1.54) is 12.8 Å². The lowest BCUT2D eigenvalue weighted by molar-refractivity contribution is -0.117. The fourth-order valence-corrected chi connectivity index (χ4v) is 3.11. The van der Waals surface area contributed by atoms with Crippen LogP contribution in [0, 0.1) is 11.8 Å². The van der Waals surface area contributed by atoms with Gasteiger partial charge in [0.1, 0.15) is 0 Å². The van der Waals surface area contributed by atoms with E-state index in [0.29, 0.717) is 18.3 Å². The van der Waals surface area contributed by atoms with Gasteiger partial charge in [-0.1, -0.05) is 6.92 Å². The molecule has 6 nitrogen and oxygen atoms in total. The lowest BCUT2D eigenvalue weighted by atomic mass is 9.84. The number of carbonyl (C=O) groups excluding carboxylic acids is 1.